The molecule has 4 heteroatoms. The van der Waals surface area contributed by atoms with Crippen molar-refractivity contribution in [3.63, 3.8) is 0 Å². The molecular formula is C5H10NaO3-. The molecule has 0 aromatic carbocycles. The van der Waals surface area contributed by atoms with Gasteiger partial charge in [-0.25, -0.2) is 0 Å². The van der Waals surface area contributed by atoms with Crippen LogP contribution in [0.4, 0.5) is 0 Å². The van der Waals surface area contributed by atoms with Crippen LogP contribution in [0.3, 0.4) is 0 Å². The van der Waals surface area contributed by atoms with Crippen molar-refractivity contribution in [2.45, 2.75) is 20.0 Å². The molecular weight excluding hydrogens is 131 g/mol. The van der Waals surface area contributed by atoms with Crippen LogP contribution in [-0.2, 0) is 9.53 Å². The van der Waals surface area contributed by atoms with Crippen molar-refractivity contribution in [2.75, 3.05) is 6.61 Å². The molecule has 0 bridgehead atoms. The maximum atomic E-state index is 9.67. The van der Waals surface area contributed by atoms with Crippen molar-refractivity contribution < 1.29 is 45.6 Å². The second-order valence-electron chi connectivity index (χ2n) is 1.73. The monoisotopic (exact) mass is 141 g/mol. The number of carboxylic acid groups (broad SMARTS) is 1. The Morgan fingerprint density at radius 3 is 2.33 bits per heavy atom. The Kier molecular flexibility index (Phi) is 8.83. The first kappa shape index (κ1) is 12.1. The summed E-state index contributed by atoms with van der Waals surface area (Å²) in [7, 11) is 0. The van der Waals surface area contributed by atoms with Crippen molar-refractivity contribution in [2.24, 2.45) is 0 Å². The van der Waals surface area contributed by atoms with E-state index in [2.05, 4.69) is 4.74 Å². The molecule has 0 N–H and O–H groups in total. The molecule has 0 radical (unpaired) electrons. The van der Waals surface area contributed by atoms with E-state index in [1.54, 1.807) is 13.8 Å². The Bertz CT molecular complexity index is 87.0. The Balaban J connectivity index is -0.000000245. The van der Waals surface area contributed by atoms with Crippen molar-refractivity contribution in [3.8, 4) is 0 Å². The first-order valence-corrected chi connectivity index (χ1v) is 2.44. The van der Waals surface area contributed by atoms with Crippen LogP contribution in [-0.4, -0.2) is 18.7 Å². The van der Waals surface area contributed by atoms with Gasteiger partial charge in [-0.3, -0.25) is 0 Å². The molecule has 0 unspecified atom stereocenters. The van der Waals surface area contributed by atoms with Gasteiger partial charge < -0.3 is 16.1 Å². The van der Waals surface area contributed by atoms with Gasteiger partial charge in [0.1, 0.15) is 0 Å². The second-order valence-corrected chi connectivity index (χ2v) is 1.73. The molecule has 0 rings (SSSR count). The number of hydrogen-bond acceptors (Lipinski definition) is 3. The summed E-state index contributed by atoms with van der Waals surface area (Å²) in [5.74, 6) is -1.17. The van der Waals surface area contributed by atoms with Crippen LogP contribution < -0.4 is 34.7 Å². The maximum Gasteiger partial charge on any atom is 1.00 e. The fourth-order valence-electron chi connectivity index (χ4n) is 0.235. The predicted octanol–water partition coefficient (Wildman–Crippen LogP) is -3.72. The van der Waals surface area contributed by atoms with Gasteiger partial charge in [0.25, 0.3) is 0 Å². The number of carbonyl (C=O) groups is 1. The number of ether oxygens (including phenoxy) is 1. The van der Waals surface area contributed by atoms with Crippen LogP contribution in [0, 0.1) is 0 Å². The van der Waals surface area contributed by atoms with E-state index in [0.29, 0.717) is 0 Å². The maximum absolute atomic E-state index is 9.67. The van der Waals surface area contributed by atoms with Crippen molar-refractivity contribution >= 4 is 5.97 Å². The van der Waals surface area contributed by atoms with Gasteiger partial charge in [-0.2, -0.15) is 0 Å². The fraction of sp³-hybridized carbons (Fsp3) is 0.800. The molecule has 0 aliphatic heterocycles. The molecule has 0 heterocycles. The summed E-state index contributed by atoms with van der Waals surface area (Å²) in [5.41, 5.74) is 0. The van der Waals surface area contributed by atoms with Gasteiger partial charge in [-0.05, 0) is 13.8 Å². The summed E-state index contributed by atoms with van der Waals surface area (Å²) >= 11 is 0. The smallest absolute Gasteiger partial charge is 1.00 e. The third kappa shape index (κ3) is 11.8. The Hall–Kier alpha value is 0.430. The number of carbonyl (C=O) groups excluding carboxylic acids is 1. The first-order valence-electron chi connectivity index (χ1n) is 2.44. The van der Waals surface area contributed by atoms with Gasteiger partial charge in [0, 0.05) is 0 Å². The van der Waals surface area contributed by atoms with Gasteiger partial charge >= 0.3 is 29.6 Å². The van der Waals surface area contributed by atoms with E-state index in [-0.39, 0.29) is 43.7 Å². The van der Waals surface area contributed by atoms with Crippen LogP contribution in [0.5, 0.6) is 0 Å². The number of hydrogen-bond donors (Lipinski definition) is 0. The van der Waals surface area contributed by atoms with Crippen molar-refractivity contribution in [1.29, 1.82) is 0 Å². The topological polar surface area (TPSA) is 49.4 Å². The fourth-order valence-corrected chi connectivity index (χ4v) is 0.235. The molecule has 9 heavy (non-hydrogen) atoms. The molecule has 0 saturated heterocycles. The van der Waals surface area contributed by atoms with Crippen molar-refractivity contribution in [3.05, 3.63) is 0 Å². The summed E-state index contributed by atoms with van der Waals surface area (Å²) in [6.45, 7) is 3.23. The molecule has 0 aromatic rings. The van der Waals surface area contributed by atoms with E-state index in [9.17, 15) is 9.90 Å². The molecule has 0 spiro atoms. The quantitative estimate of drug-likeness (QED) is 0.380. The average molecular weight is 141 g/mol. The van der Waals surface area contributed by atoms with Crippen LogP contribution in [0.15, 0.2) is 0 Å². The molecule has 0 atom stereocenters. The normalized spacial score (nSPS) is 8.78. The molecule has 3 nitrogen and oxygen atoms in total. The van der Waals surface area contributed by atoms with Crippen LogP contribution >= 0.6 is 0 Å². The molecule has 0 fully saturated rings. The Morgan fingerprint density at radius 1 is 1.78 bits per heavy atom. The largest absolute Gasteiger partial charge is 1.00 e. The first-order chi connectivity index (χ1) is 3.63. The summed E-state index contributed by atoms with van der Waals surface area (Å²) in [6.07, 6.45) is -0.0344. The summed E-state index contributed by atoms with van der Waals surface area (Å²) in [4.78, 5) is 9.67. The van der Waals surface area contributed by atoms with E-state index in [1.165, 1.54) is 0 Å². The van der Waals surface area contributed by atoms with Gasteiger partial charge in [-0.1, -0.05) is 0 Å². The minimum atomic E-state index is -1.17. The average Bonchev–Trinajstić information content (AvgIpc) is 1.61. The zero-order valence-corrected chi connectivity index (χ0v) is 8.01. The minimum absolute atomic E-state index is 0. The molecule has 0 saturated carbocycles. The summed E-state index contributed by atoms with van der Waals surface area (Å²) in [5, 5.41) is 9.67. The Labute approximate surface area is 78.2 Å². The van der Waals surface area contributed by atoms with E-state index >= 15 is 0 Å². The van der Waals surface area contributed by atoms with E-state index < -0.39 is 5.97 Å². The van der Waals surface area contributed by atoms with Gasteiger partial charge in [-0.15, -0.1) is 0 Å². The van der Waals surface area contributed by atoms with Crippen LogP contribution in [0.1, 0.15) is 15.3 Å². The third-order valence-corrected chi connectivity index (χ3v) is 0.535. The van der Waals surface area contributed by atoms with Crippen molar-refractivity contribution in [1.82, 2.24) is 0 Å². The van der Waals surface area contributed by atoms with Crippen LogP contribution in [0.25, 0.3) is 0 Å². The third-order valence-electron chi connectivity index (χ3n) is 0.535. The van der Waals surface area contributed by atoms with Crippen LogP contribution in [0.2, 0.25) is 0 Å². The SMILES string of the molecule is CC(C)OCC(=O)[O-].[H-].[Na+]. The molecule has 0 amide bonds. The number of carboxylic acids is 1. The zero-order valence-electron chi connectivity index (χ0n) is 7.01. The Morgan fingerprint density at radius 2 is 2.22 bits per heavy atom. The van der Waals surface area contributed by atoms with E-state index in [4.69, 9.17) is 0 Å². The molecule has 0 aromatic heterocycles. The predicted molar refractivity (Wildman–Crippen MR) is 27.2 cm³/mol. The van der Waals surface area contributed by atoms with Gasteiger partial charge in [0.15, 0.2) is 0 Å². The number of aliphatic carboxylic acids is 1. The number of rotatable bonds is 3. The molecule has 50 valence electrons. The molecule has 0 aliphatic carbocycles. The second kappa shape index (κ2) is 6.55. The standard InChI is InChI=1S/C5H10O3.Na.H/c1-4(2)8-3-5(6)7;;/h4H,3H2,1-2H3,(H,6,7);;/q;+1;-1/p-1. The van der Waals surface area contributed by atoms with Gasteiger partial charge in [0.2, 0.25) is 0 Å². The summed E-state index contributed by atoms with van der Waals surface area (Å²) < 4.78 is 4.64. The summed E-state index contributed by atoms with van der Waals surface area (Å²) in [6, 6.07) is 0. The minimum Gasteiger partial charge on any atom is -1.00 e. The van der Waals surface area contributed by atoms with E-state index in [0.717, 1.165) is 0 Å². The zero-order chi connectivity index (χ0) is 6.57. The van der Waals surface area contributed by atoms with E-state index in [1.807, 2.05) is 0 Å². The van der Waals surface area contributed by atoms with Gasteiger partial charge in [0.05, 0.1) is 18.7 Å². The molecule has 0 aliphatic rings.